The van der Waals surface area contributed by atoms with Gasteiger partial charge in [-0.2, -0.15) is 5.10 Å². The second kappa shape index (κ2) is 7.54. The van der Waals surface area contributed by atoms with Gasteiger partial charge in [-0.1, -0.05) is 60.7 Å². The Morgan fingerprint density at radius 2 is 1.69 bits per heavy atom. The lowest BCUT2D eigenvalue weighted by atomic mass is 10.2. The van der Waals surface area contributed by atoms with Crippen LogP contribution in [0.25, 0.3) is 0 Å². The number of rotatable bonds is 5. The number of carbonyl (C=O) groups is 1. The Bertz CT molecular complexity index is 874. The quantitative estimate of drug-likeness (QED) is 0.773. The van der Waals surface area contributed by atoms with Crippen LogP contribution in [0.4, 0.5) is 0 Å². The summed E-state index contributed by atoms with van der Waals surface area (Å²) in [7, 11) is 0. The Hall–Kier alpha value is -2.92. The molecule has 0 saturated carbocycles. The smallest absolute Gasteiger partial charge is 0.272 e. The highest BCUT2D eigenvalue weighted by Crippen LogP contribution is 2.15. The van der Waals surface area contributed by atoms with Crippen molar-refractivity contribution in [3.8, 4) is 0 Å². The molecule has 1 aromatic heterocycles. The first kappa shape index (κ1) is 16.5. The summed E-state index contributed by atoms with van der Waals surface area (Å²) in [5.41, 5.74) is 4.00. The zero-order valence-corrected chi connectivity index (χ0v) is 14.6. The van der Waals surface area contributed by atoms with Gasteiger partial charge in [0, 0.05) is 31.7 Å². The summed E-state index contributed by atoms with van der Waals surface area (Å²) in [4.78, 5) is 14.8. The molecule has 2 aromatic carbocycles. The normalized spacial score (nSPS) is 14.0. The molecule has 5 heteroatoms. The van der Waals surface area contributed by atoms with E-state index in [1.165, 1.54) is 5.56 Å². The SMILES string of the molecule is O=C(NCc1ccccc1)c1cc2n(n1)CN(Cc1ccccc1)CC2. The van der Waals surface area contributed by atoms with Crippen molar-refractivity contribution in [1.29, 1.82) is 0 Å². The van der Waals surface area contributed by atoms with Crippen LogP contribution in [-0.2, 0) is 26.2 Å². The number of benzene rings is 2. The van der Waals surface area contributed by atoms with E-state index in [1.54, 1.807) is 0 Å². The van der Waals surface area contributed by atoms with E-state index >= 15 is 0 Å². The van der Waals surface area contributed by atoms with Crippen LogP contribution in [0.15, 0.2) is 66.7 Å². The van der Waals surface area contributed by atoms with Crippen LogP contribution in [0.3, 0.4) is 0 Å². The summed E-state index contributed by atoms with van der Waals surface area (Å²) in [5.74, 6) is -0.120. The van der Waals surface area contributed by atoms with E-state index in [1.807, 2.05) is 47.1 Å². The van der Waals surface area contributed by atoms with Gasteiger partial charge in [-0.3, -0.25) is 14.4 Å². The molecule has 1 aliphatic heterocycles. The number of nitrogens with zero attached hydrogens (tertiary/aromatic N) is 3. The topological polar surface area (TPSA) is 50.2 Å². The lowest BCUT2D eigenvalue weighted by Gasteiger charge is -2.27. The van der Waals surface area contributed by atoms with Crippen LogP contribution in [0.1, 0.15) is 27.3 Å². The molecule has 132 valence electrons. The van der Waals surface area contributed by atoms with Gasteiger partial charge in [-0.25, -0.2) is 0 Å². The van der Waals surface area contributed by atoms with Crippen molar-refractivity contribution >= 4 is 5.91 Å². The predicted octanol–water partition coefficient (Wildman–Crippen LogP) is 2.83. The molecule has 0 radical (unpaired) electrons. The molecule has 0 unspecified atom stereocenters. The monoisotopic (exact) mass is 346 g/mol. The van der Waals surface area contributed by atoms with E-state index in [0.29, 0.717) is 12.2 Å². The van der Waals surface area contributed by atoms with Crippen molar-refractivity contribution in [3.63, 3.8) is 0 Å². The van der Waals surface area contributed by atoms with Crippen molar-refractivity contribution in [2.24, 2.45) is 0 Å². The van der Waals surface area contributed by atoms with Crippen molar-refractivity contribution in [2.45, 2.75) is 26.2 Å². The summed E-state index contributed by atoms with van der Waals surface area (Å²) in [6.45, 7) is 3.11. The molecular weight excluding hydrogens is 324 g/mol. The fourth-order valence-electron chi connectivity index (χ4n) is 3.26. The molecular formula is C21H22N4O. The average molecular weight is 346 g/mol. The molecule has 0 atom stereocenters. The first-order chi connectivity index (χ1) is 12.8. The van der Waals surface area contributed by atoms with Gasteiger partial charge in [-0.15, -0.1) is 0 Å². The minimum absolute atomic E-state index is 0.120. The fraction of sp³-hybridized carbons (Fsp3) is 0.238. The Balaban J connectivity index is 1.38. The summed E-state index contributed by atoms with van der Waals surface area (Å²) in [6.07, 6.45) is 0.909. The molecule has 1 amide bonds. The molecule has 0 saturated heterocycles. The number of nitrogens with one attached hydrogen (secondary N) is 1. The van der Waals surface area contributed by atoms with E-state index in [-0.39, 0.29) is 5.91 Å². The van der Waals surface area contributed by atoms with Crippen molar-refractivity contribution in [3.05, 3.63) is 89.2 Å². The summed E-state index contributed by atoms with van der Waals surface area (Å²) in [6, 6.07) is 22.3. The van der Waals surface area contributed by atoms with E-state index < -0.39 is 0 Å². The van der Waals surface area contributed by atoms with Gasteiger partial charge in [0.2, 0.25) is 0 Å². The highest BCUT2D eigenvalue weighted by atomic mass is 16.1. The van der Waals surface area contributed by atoms with Crippen LogP contribution < -0.4 is 5.32 Å². The van der Waals surface area contributed by atoms with E-state index in [4.69, 9.17) is 0 Å². The number of carbonyl (C=O) groups excluding carboxylic acids is 1. The third kappa shape index (κ3) is 3.83. The average Bonchev–Trinajstić information content (AvgIpc) is 3.11. The first-order valence-corrected chi connectivity index (χ1v) is 8.93. The lowest BCUT2D eigenvalue weighted by Crippen LogP contribution is -2.34. The van der Waals surface area contributed by atoms with Crippen molar-refractivity contribution in [1.82, 2.24) is 20.0 Å². The van der Waals surface area contributed by atoms with E-state index in [9.17, 15) is 4.79 Å². The third-order valence-corrected chi connectivity index (χ3v) is 4.66. The predicted molar refractivity (Wildman–Crippen MR) is 100 cm³/mol. The summed E-state index contributed by atoms with van der Waals surface area (Å²) in [5, 5.41) is 7.46. The maximum atomic E-state index is 12.4. The molecule has 1 N–H and O–H groups in total. The highest BCUT2D eigenvalue weighted by molar-refractivity contribution is 5.92. The highest BCUT2D eigenvalue weighted by Gasteiger charge is 2.20. The van der Waals surface area contributed by atoms with Gasteiger partial charge >= 0.3 is 0 Å². The van der Waals surface area contributed by atoms with Crippen molar-refractivity contribution in [2.75, 3.05) is 6.54 Å². The van der Waals surface area contributed by atoms with Gasteiger partial charge in [0.05, 0.1) is 6.67 Å². The van der Waals surface area contributed by atoms with Crippen molar-refractivity contribution < 1.29 is 4.79 Å². The molecule has 0 fully saturated rings. The Labute approximate surface area is 153 Å². The molecule has 0 aliphatic carbocycles. The van der Waals surface area contributed by atoms with Gasteiger partial charge in [-0.05, 0) is 17.2 Å². The van der Waals surface area contributed by atoms with Crippen LogP contribution in [0, 0.1) is 0 Å². The molecule has 4 rings (SSSR count). The molecule has 1 aliphatic rings. The molecule has 5 nitrogen and oxygen atoms in total. The lowest BCUT2D eigenvalue weighted by molar-refractivity contribution is 0.0943. The maximum absolute atomic E-state index is 12.4. The minimum Gasteiger partial charge on any atom is -0.347 e. The molecule has 3 aromatic rings. The number of hydrogen-bond acceptors (Lipinski definition) is 3. The van der Waals surface area contributed by atoms with Gasteiger partial charge in [0.15, 0.2) is 5.69 Å². The van der Waals surface area contributed by atoms with Crippen LogP contribution in [0.2, 0.25) is 0 Å². The summed E-state index contributed by atoms with van der Waals surface area (Å²) < 4.78 is 1.95. The standard InChI is InChI=1S/C21H22N4O/c26-21(22-14-17-7-3-1-4-8-17)20-13-19-11-12-24(16-25(19)23-20)15-18-9-5-2-6-10-18/h1-10,13H,11-12,14-16H2,(H,22,26). The number of hydrogen-bond donors (Lipinski definition) is 1. The fourth-order valence-corrected chi connectivity index (χ4v) is 3.26. The zero-order chi connectivity index (χ0) is 17.8. The molecule has 26 heavy (non-hydrogen) atoms. The zero-order valence-electron chi connectivity index (χ0n) is 14.6. The summed E-state index contributed by atoms with van der Waals surface area (Å²) >= 11 is 0. The number of fused-ring (bicyclic) bond motifs is 1. The van der Waals surface area contributed by atoms with Crippen LogP contribution in [0.5, 0.6) is 0 Å². The second-order valence-corrected chi connectivity index (χ2v) is 6.62. The third-order valence-electron chi connectivity index (χ3n) is 4.66. The van der Waals surface area contributed by atoms with Gasteiger partial charge in [0.1, 0.15) is 0 Å². The second-order valence-electron chi connectivity index (χ2n) is 6.62. The van der Waals surface area contributed by atoms with Crippen LogP contribution in [-0.4, -0.2) is 27.1 Å². The largest absolute Gasteiger partial charge is 0.347 e. The maximum Gasteiger partial charge on any atom is 0.272 e. The first-order valence-electron chi connectivity index (χ1n) is 8.93. The van der Waals surface area contributed by atoms with Gasteiger partial charge < -0.3 is 5.32 Å². The minimum atomic E-state index is -0.120. The van der Waals surface area contributed by atoms with E-state index in [2.05, 4.69) is 39.6 Å². The Kier molecular flexibility index (Phi) is 4.80. The molecule has 0 spiro atoms. The molecule has 0 bridgehead atoms. The Morgan fingerprint density at radius 1 is 1.00 bits per heavy atom. The molecule has 2 heterocycles. The van der Waals surface area contributed by atoms with Crippen LogP contribution >= 0.6 is 0 Å². The Morgan fingerprint density at radius 3 is 2.42 bits per heavy atom. The van der Waals surface area contributed by atoms with E-state index in [0.717, 1.165) is 37.4 Å². The number of amides is 1. The number of aromatic nitrogens is 2. The van der Waals surface area contributed by atoms with Gasteiger partial charge in [0.25, 0.3) is 5.91 Å².